The summed E-state index contributed by atoms with van der Waals surface area (Å²) in [6.07, 6.45) is 0. The van der Waals surface area contributed by atoms with Crippen LogP contribution in [0.25, 0.3) is 0 Å². The lowest BCUT2D eigenvalue weighted by Crippen LogP contribution is -2.15. The number of aryl methyl sites for hydroxylation is 2. The molecule has 0 radical (unpaired) electrons. The van der Waals surface area contributed by atoms with Crippen molar-refractivity contribution in [3.63, 3.8) is 0 Å². The Morgan fingerprint density at radius 1 is 1.35 bits per heavy atom. The molecule has 0 amide bonds. The zero-order valence-electron chi connectivity index (χ0n) is 11.1. The van der Waals surface area contributed by atoms with Gasteiger partial charge in [0.15, 0.2) is 0 Å². The molecule has 0 fully saturated rings. The molecule has 0 saturated carbocycles. The highest BCUT2D eigenvalue weighted by Crippen LogP contribution is 2.28. The zero-order chi connectivity index (χ0) is 14.9. The second-order valence-electron chi connectivity index (χ2n) is 4.37. The number of nitrogens with two attached hydrogens (primary N) is 1. The molecule has 0 saturated heterocycles. The van der Waals surface area contributed by atoms with Gasteiger partial charge in [0.25, 0.3) is 10.0 Å². The van der Waals surface area contributed by atoms with Crippen LogP contribution in [0.5, 0.6) is 0 Å². The third-order valence-electron chi connectivity index (χ3n) is 2.87. The minimum absolute atomic E-state index is 0.0209. The van der Waals surface area contributed by atoms with Crippen LogP contribution < -0.4 is 10.5 Å². The number of hydrogen-bond acceptors (Lipinski definition) is 4. The third-order valence-corrected chi connectivity index (χ3v) is 5.55. The maximum Gasteiger partial charge on any atom is 0.263 e. The predicted molar refractivity (Wildman–Crippen MR) is 78.9 cm³/mol. The van der Waals surface area contributed by atoms with Crippen molar-refractivity contribution in [3.05, 3.63) is 45.4 Å². The summed E-state index contributed by atoms with van der Waals surface area (Å²) in [6, 6.07) is 5.92. The summed E-state index contributed by atoms with van der Waals surface area (Å²) >= 11 is 1.32. The van der Waals surface area contributed by atoms with Crippen LogP contribution in [0.15, 0.2) is 29.2 Å². The number of benzene rings is 1. The number of halogens is 1. The Morgan fingerprint density at radius 3 is 2.60 bits per heavy atom. The van der Waals surface area contributed by atoms with E-state index in [-0.39, 0.29) is 17.1 Å². The fraction of sp³-hybridized carbons (Fsp3) is 0.231. The molecular formula is C13H15FN2O2S2. The first-order valence-corrected chi connectivity index (χ1v) is 8.22. The lowest BCUT2D eigenvalue weighted by molar-refractivity contribution is 0.598. The molecule has 1 aromatic heterocycles. The maximum absolute atomic E-state index is 13.7. The van der Waals surface area contributed by atoms with Crippen molar-refractivity contribution in [2.24, 2.45) is 5.73 Å². The molecule has 7 heteroatoms. The Hall–Kier alpha value is -1.44. The third kappa shape index (κ3) is 2.84. The van der Waals surface area contributed by atoms with E-state index in [1.54, 1.807) is 19.9 Å². The fourth-order valence-corrected chi connectivity index (χ4v) is 4.50. The minimum Gasteiger partial charge on any atom is -0.326 e. The number of rotatable bonds is 4. The van der Waals surface area contributed by atoms with Crippen LogP contribution in [-0.4, -0.2) is 8.42 Å². The van der Waals surface area contributed by atoms with E-state index in [4.69, 9.17) is 5.73 Å². The maximum atomic E-state index is 13.7. The average molecular weight is 314 g/mol. The highest BCUT2D eigenvalue weighted by Gasteiger charge is 2.21. The normalized spacial score (nSPS) is 11.6. The number of anilines is 1. The largest absolute Gasteiger partial charge is 0.326 e. The van der Waals surface area contributed by atoms with E-state index in [1.807, 2.05) is 0 Å². The quantitative estimate of drug-likeness (QED) is 0.911. The van der Waals surface area contributed by atoms with Gasteiger partial charge in [-0.25, -0.2) is 12.8 Å². The molecule has 3 N–H and O–H groups in total. The van der Waals surface area contributed by atoms with Gasteiger partial charge in [-0.1, -0.05) is 12.1 Å². The number of para-hydroxylation sites is 1. The van der Waals surface area contributed by atoms with Crippen LogP contribution in [-0.2, 0) is 16.6 Å². The molecule has 20 heavy (non-hydrogen) atoms. The first kappa shape index (κ1) is 15.0. The lowest BCUT2D eigenvalue weighted by atomic mass is 10.2. The Bertz CT molecular complexity index is 719. The Balaban J connectivity index is 2.43. The van der Waals surface area contributed by atoms with E-state index >= 15 is 0 Å². The molecule has 2 aromatic rings. The van der Waals surface area contributed by atoms with Crippen LogP contribution in [0.1, 0.15) is 15.3 Å². The lowest BCUT2D eigenvalue weighted by Gasteiger charge is -2.11. The summed E-state index contributed by atoms with van der Waals surface area (Å²) in [5.74, 6) is -0.597. The van der Waals surface area contributed by atoms with Crippen molar-refractivity contribution < 1.29 is 12.8 Å². The standard InChI is InChI=1S/C13H15FN2O2S2/c1-8-4-3-5-11(14)13(8)16-20(17,18)12-6-10(7-15)19-9(12)2/h3-6,16H,7,15H2,1-2H3. The van der Waals surface area contributed by atoms with Crippen LogP contribution in [0.2, 0.25) is 0 Å². The van der Waals surface area contributed by atoms with E-state index in [0.717, 1.165) is 4.88 Å². The monoisotopic (exact) mass is 314 g/mol. The molecule has 1 heterocycles. The van der Waals surface area contributed by atoms with Gasteiger partial charge in [0.05, 0.1) is 5.69 Å². The van der Waals surface area contributed by atoms with Crippen molar-refractivity contribution in [2.45, 2.75) is 25.3 Å². The molecular weight excluding hydrogens is 299 g/mol. The zero-order valence-corrected chi connectivity index (χ0v) is 12.7. The summed E-state index contributed by atoms with van der Waals surface area (Å²) in [7, 11) is -3.81. The molecule has 108 valence electrons. The number of hydrogen-bond donors (Lipinski definition) is 2. The number of thiophene rings is 1. The topological polar surface area (TPSA) is 72.2 Å². The van der Waals surface area contributed by atoms with Crippen LogP contribution >= 0.6 is 11.3 Å². The van der Waals surface area contributed by atoms with Crippen molar-refractivity contribution in [1.29, 1.82) is 0 Å². The summed E-state index contributed by atoms with van der Waals surface area (Å²) < 4.78 is 40.7. The van der Waals surface area contributed by atoms with Gasteiger partial charge in [-0.15, -0.1) is 11.3 Å². The molecule has 4 nitrogen and oxygen atoms in total. The number of nitrogens with one attached hydrogen (secondary N) is 1. The minimum atomic E-state index is -3.81. The van der Waals surface area contributed by atoms with E-state index in [2.05, 4.69) is 4.72 Å². The predicted octanol–water partition coefficient (Wildman–Crippen LogP) is 2.76. The van der Waals surface area contributed by atoms with E-state index in [0.29, 0.717) is 10.4 Å². The summed E-state index contributed by atoms with van der Waals surface area (Å²) in [5, 5.41) is 0. The van der Waals surface area contributed by atoms with Gasteiger partial charge in [0, 0.05) is 16.3 Å². The molecule has 0 spiro atoms. The molecule has 1 aromatic carbocycles. The average Bonchev–Trinajstić information content (AvgIpc) is 2.76. The molecule has 2 rings (SSSR count). The van der Waals surface area contributed by atoms with Crippen LogP contribution in [0.4, 0.5) is 10.1 Å². The highest BCUT2D eigenvalue weighted by molar-refractivity contribution is 7.93. The van der Waals surface area contributed by atoms with Gasteiger partial charge in [0.2, 0.25) is 0 Å². The molecule has 0 aliphatic rings. The van der Waals surface area contributed by atoms with Gasteiger partial charge < -0.3 is 5.73 Å². The molecule has 0 bridgehead atoms. The Morgan fingerprint density at radius 2 is 2.05 bits per heavy atom. The molecule has 0 atom stereocenters. The van der Waals surface area contributed by atoms with Crippen molar-refractivity contribution in [2.75, 3.05) is 4.72 Å². The van der Waals surface area contributed by atoms with Gasteiger partial charge in [0.1, 0.15) is 10.7 Å². The summed E-state index contributed by atoms with van der Waals surface area (Å²) in [4.78, 5) is 1.55. The van der Waals surface area contributed by atoms with Crippen molar-refractivity contribution in [3.8, 4) is 0 Å². The summed E-state index contributed by atoms with van der Waals surface area (Å²) in [6.45, 7) is 3.62. The molecule has 0 aliphatic heterocycles. The van der Waals surface area contributed by atoms with Gasteiger partial charge in [-0.3, -0.25) is 4.72 Å². The van der Waals surface area contributed by atoms with Crippen LogP contribution in [0.3, 0.4) is 0 Å². The first-order chi connectivity index (χ1) is 9.35. The van der Waals surface area contributed by atoms with Crippen LogP contribution in [0, 0.1) is 19.7 Å². The van der Waals surface area contributed by atoms with Gasteiger partial charge >= 0.3 is 0 Å². The van der Waals surface area contributed by atoms with Crippen molar-refractivity contribution >= 4 is 27.0 Å². The first-order valence-electron chi connectivity index (χ1n) is 5.92. The second kappa shape index (κ2) is 5.51. The molecule has 0 unspecified atom stereocenters. The Kier molecular flexibility index (Phi) is 4.12. The SMILES string of the molecule is Cc1cccc(F)c1NS(=O)(=O)c1cc(CN)sc1C. The fourth-order valence-electron chi connectivity index (χ4n) is 1.84. The van der Waals surface area contributed by atoms with E-state index < -0.39 is 15.8 Å². The Labute approximate surface area is 121 Å². The van der Waals surface area contributed by atoms with E-state index in [1.165, 1.54) is 29.5 Å². The van der Waals surface area contributed by atoms with Gasteiger partial charge in [-0.05, 0) is 31.5 Å². The smallest absolute Gasteiger partial charge is 0.263 e. The summed E-state index contributed by atoms with van der Waals surface area (Å²) in [5.41, 5.74) is 6.02. The second-order valence-corrected chi connectivity index (χ2v) is 7.37. The highest BCUT2D eigenvalue weighted by atomic mass is 32.2. The number of sulfonamides is 1. The van der Waals surface area contributed by atoms with Gasteiger partial charge in [-0.2, -0.15) is 0 Å². The molecule has 0 aliphatic carbocycles. The van der Waals surface area contributed by atoms with Crippen molar-refractivity contribution in [1.82, 2.24) is 0 Å². The van der Waals surface area contributed by atoms with E-state index in [9.17, 15) is 12.8 Å².